The summed E-state index contributed by atoms with van der Waals surface area (Å²) in [6, 6.07) is 9.31. The third-order valence-electron chi connectivity index (χ3n) is 2.53. The van der Waals surface area contributed by atoms with E-state index in [0.29, 0.717) is 0 Å². The van der Waals surface area contributed by atoms with Gasteiger partial charge in [-0.05, 0) is 36.5 Å². The summed E-state index contributed by atoms with van der Waals surface area (Å²) in [6.07, 6.45) is 2.04. The van der Waals surface area contributed by atoms with E-state index in [1.807, 2.05) is 32.2 Å². The zero-order valence-electron chi connectivity index (χ0n) is 11.3. The zero-order chi connectivity index (χ0) is 12.8. The lowest BCUT2D eigenvalue weighted by Crippen LogP contribution is -2.03. The van der Waals surface area contributed by atoms with E-state index in [2.05, 4.69) is 49.3 Å². The summed E-state index contributed by atoms with van der Waals surface area (Å²) < 4.78 is 0. The molecule has 1 N–H and O–H groups in total. The molecule has 0 bridgehead atoms. The Morgan fingerprint density at radius 1 is 1.24 bits per heavy atom. The molecular formula is C15H20N2. The molecule has 2 nitrogen and oxygen atoms in total. The van der Waals surface area contributed by atoms with Crippen LogP contribution in [0, 0.1) is 25.8 Å². The van der Waals surface area contributed by atoms with Crippen molar-refractivity contribution < 1.29 is 0 Å². The van der Waals surface area contributed by atoms with Crippen molar-refractivity contribution >= 4 is 5.57 Å². The van der Waals surface area contributed by atoms with Crippen LogP contribution in [0.2, 0.25) is 0 Å². The molecule has 17 heavy (non-hydrogen) atoms. The molecule has 0 heterocycles. The Morgan fingerprint density at radius 2 is 1.94 bits per heavy atom. The van der Waals surface area contributed by atoms with Gasteiger partial charge in [0.1, 0.15) is 0 Å². The first-order chi connectivity index (χ1) is 8.04. The fourth-order valence-corrected chi connectivity index (χ4v) is 1.48. The Morgan fingerprint density at radius 3 is 2.47 bits per heavy atom. The smallest absolute Gasteiger partial charge is 0.0494 e. The van der Waals surface area contributed by atoms with Gasteiger partial charge in [-0.3, -0.25) is 0 Å². The number of hydrogen-bond acceptors (Lipinski definition) is 2. The second-order valence-electron chi connectivity index (χ2n) is 4.31. The summed E-state index contributed by atoms with van der Waals surface area (Å²) in [4.78, 5) is 2.01. The van der Waals surface area contributed by atoms with Crippen LogP contribution in [0.5, 0.6) is 0 Å². The molecule has 90 valence electrons. The second-order valence-corrected chi connectivity index (χ2v) is 4.31. The molecular weight excluding hydrogens is 208 g/mol. The number of aryl methyl sites for hydroxylation is 2. The van der Waals surface area contributed by atoms with Gasteiger partial charge in [0.15, 0.2) is 0 Å². The summed E-state index contributed by atoms with van der Waals surface area (Å²) in [5.41, 5.74) is 4.77. The van der Waals surface area contributed by atoms with E-state index in [9.17, 15) is 0 Å². The predicted octanol–water partition coefficient (Wildman–Crippen LogP) is 2.39. The average molecular weight is 228 g/mol. The predicted molar refractivity (Wildman–Crippen MR) is 74.4 cm³/mol. The van der Waals surface area contributed by atoms with E-state index < -0.39 is 0 Å². The van der Waals surface area contributed by atoms with Gasteiger partial charge in [-0.1, -0.05) is 18.2 Å². The molecule has 0 aromatic heterocycles. The monoisotopic (exact) mass is 228 g/mol. The molecule has 1 aromatic carbocycles. The molecule has 0 saturated carbocycles. The lowest BCUT2D eigenvalue weighted by Gasteiger charge is -2.09. The Bertz CT molecular complexity index is 473. The normalized spacial score (nSPS) is 10.5. The third-order valence-corrected chi connectivity index (χ3v) is 2.53. The number of nitrogens with zero attached hydrogens (tertiary/aromatic N) is 1. The lowest BCUT2D eigenvalue weighted by atomic mass is 10.0. The molecule has 1 rings (SSSR count). The highest BCUT2D eigenvalue weighted by molar-refractivity contribution is 5.78. The fraction of sp³-hybridized carbons (Fsp3) is 0.333. The van der Waals surface area contributed by atoms with Crippen LogP contribution in [0.25, 0.3) is 5.57 Å². The minimum atomic E-state index is 1.02. The van der Waals surface area contributed by atoms with Gasteiger partial charge in [-0.15, -0.1) is 0 Å². The molecule has 2 heteroatoms. The first-order valence-electron chi connectivity index (χ1n) is 5.68. The quantitative estimate of drug-likeness (QED) is 0.617. The molecule has 0 aliphatic carbocycles. The number of nitrogens with one attached hydrogen (secondary N) is 1. The van der Waals surface area contributed by atoms with Crippen molar-refractivity contribution in [1.82, 2.24) is 10.2 Å². The zero-order valence-corrected chi connectivity index (χ0v) is 11.3. The molecule has 0 unspecified atom stereocenters. The summed E-state index contributed by atoms with van der Waals surface area (Å²) in [5.74, 6) is 3.12. The van der Waals surface area contributed by atoms with Crippen molar-refractivity contribution in [2.45, 2.75) is 13.8 Å². The van der Waals surface area contributed by atoms with E-state index in [1.165, 1.54) is 11.1 Å². The van der Waals surface area contributed by atoms with Crippen molar-refractivity contribution in [1.29, 1.82) is 0 Å². The van der Waals surface area contributed by atoms with Gasteiger partial charge in [0, 0.05) is 39.0 Å². The largest absolute Gasteiger partial charge is 0.382 e. The van der Waals surface area contributed by atoms with Crippen molar-refractivity contribution in [2.75, 3.05) is 21.1 Å². The van der Waals surface area contributed by atoms with Crippen LogP contribution < -0.4 is 5.32 Å². The maximum atomic E-state index is 3.12. The number of rotatable bonds is 2. The molecule has 0 aliphatic rings. The first kappa shape index (κ1) is 13.2. The lowest BCUT2D eigenvalue weighted by molar-refractivity contribution is 0.566. The van der Waals surface area contributed by atoms with Crippen LogP contribution in [-0.2, 0) is 0 Å². The summed E-state index contributed by atoms with van der Waals surface area (Å²) in [6.45, 7) is 4.24. The summed E-state index contributed by atoms with van der Waals surface area (Å²) in [7, 11) is 5.82. The van der Waals surface area contributed by atoms with Crippen molar-refractivity contribution in [3.63, 3.8) is 0 Å². The average Bonchev–Trinajstić information content (AvgIpc) is 2.27. The van der Waals surface area contributed by atoms with Gasteiger partial charge >= 0.3 is 0 Å². The maximum absolute atomic E-state index is 3.12. The van der Waals surface area contributed by atoms with Crippen LogP contribution in [0.15, 0.2) is 24.4 Å². The number of benzene rings is 1. The van der Waals surface area contributed by atoms with Crippen LogP contribution in [0.3, 0.4) is 0 Å². The van der Waals surface area contributed by atoms with Crippen LogP contribution in [0.4, 0.5) is 0 Å². The van der Waals surface area contributed by atoms with E-state index in [4.69, 9.17) is 0 Å². The minimum absolute atomic E-state index is 1.02. The van der Waals surface area contributed by atoms with Gasteiger partial charge < -0.3 is 10.2 Å². The van der Waals surface area contributed by atoms with Gasteiger partial charge in [0.2, 0.25) is 0 Å². The maximum Gasteiger partial charge on any atom is 0.0494 e. The molecule has 0 amide bonds. The number of allylic oxidation sites excluding steroid dienone is 1. The van der Waals surface area contributed by atoms with Gasteiger partial charge in [-0.2, -0.15) is 0 Å². The van der Waals surface area contributed by atoms with E-state index in [-0.39, 0.29) is 0 Å². The molecule has 1 aromatic rings. The van der Waals surface area contributed by atoms with Crippen molar-refractivity contribution in [2.24, 2.45) is 0 Å². The molecule has 0 radical (unpaired) electrons. The summed E-state index contributed by atoms with van der Waals surface area (Å²) in [5, 5.41) is 2.85. The standard InChI is InChI=1S/C15H20N2/c1-12-6-7-14(10-13(12)2)15(8-9-16-3)11-17(4)5/h6-7,10-11,16H,1-5H3/b15-11+. The van der Waals surface area contributed by atoms with Gasteiger partial charge in [0.25, 0.3) is 0 Å². The van der Waals surface area contributed by atoms with Crippen LogP contribution in [0.1, 0.15) is 16.7 Å². The topological polar surface area (TPSA) is 15.3 Å². The first-order valence-corrected chi connectivity index (χ1v) is 5.68. The fourth-order valence-electron chi connectivity index (χ4n) is 1.48. The SMILES string of the molecule is CNC#C/C(=C\N(C)C)c1ccc(C)c(C)c1. The highest BCUT2D eigenvalue weighted by Gasteiger charge is 2.01. The molecule has 0 aliphatic heterocycles. The highest BCUT2D eigenvalue weighted by atomic mass is 15.0. The molecule has 0 saturated heterocycles. The van der Waals surface area contributed by atoms with Crippen LogP contribution >= 0.6 is 0 Å². The molecule has 0 fully saturated rings. The Kier molecular flexibility index (Phi) is 4.66. The third kappa shape index (κ3) is 3.88. The van der Waals surface area contributed by atoms with Crippen LogP contribution in [-0.4, -0.2) is 26.0 Å². The summed E-state index contributed by atoms with van der Waals surface area (Å²) >= 11 is 0. The molecule has 0 spiro atoms. The minimum Gasteiger partial charge on any atom is -0.382 e. The number of hydrogen-bond donors (Lipinski definition) is 1. The van der Waals surface area contributed by atoms with E-state index >= 15 is 0 Å². The van der Waals surface area contributed by atoms with E-state index in [1.54, 1.807) is 0 Å². The Balaban J connectivity index is 3.18. The molecule has 0 atom stereocenters. The van der Waals surface area contributed by atoms with Crippen molar-refractivity contribution in [3.05, 3.63) is 41.1 Å². The Labute approximate surface area is 104 Å². The van der Waals surface area contributed by atoms with Crippen molar-refractivity contribution in [3.8, 4) is 12.0 Å². The van der Waals surface area contributed by atoms with Gasteiger partial charge in [-0.25, -0.2) is 0 Å². The van der Waals surface area contributed by atoms with Gasteiger partial charge in [0.05, 0.1) is 0 Å². The Hall–Kier alpha value is -1.88. The van der Waals surface area contributed by atoms with E-state index in [0.717, 1.165) is 11.1 Å². The second kappa shape index (κ2) is 6.00. The highest BCUT2D eigenvalue weighted by Crippen LogP contribution is 2.17.